The highest BCUT2D eigenvalue weighted by Gasteiger charge is 2.41. The fourth-order valence-electron chi connectivity index (χ4n) is 6.20. The Morgan fingerprint density at radius 3 is 2.68 bits per heavy atom. The van der Waals surface area contributed by atoms with Gasteiger partial charge in [0, 0.05) is 62.3 Å². The van der Waals surface area contributed by atoms with Crippen LogP contribution in [-0.4, -0.2) is 77.4 Å². The molecular formula is C30H40FN5O2. The van der Waals surface area contributed by atoms with Crippen molar-refractivity contribution in [2.45, 2.75) is 76.9 Å². The first-order chi connectivity index (χ1) is 18.1. The van der Waals surface area contributed by atoms with Crippen LogP contribution in [0.4, 0.5) is 10.1 Å². The minimum atomic E-state index is -0.251. The van der Waals surface area contributed by atoms with Gasteiger partial charge in [0.15, 0.2) is 0 Å². The summed E-state index contributed by atoms with van der Waals surface area (Å²) in [7, 11) is 0. The monoisotopic (exact) mass is 521 g/mol. The molecule has 0 radical (unpaired) electrons. The van der Waals surface area contributed by atoms with Gasteiger partial charge in [0.1, 0.15) is 5.82 Å². The smallest absolute Gasteiger partial charge is 0.241 e. The van der Waals surface area contributed by atoms with Gasteiger partial charge in [-0.15, -0.1) is 0 Å². The number of carbonyl (C=O) groups excluding carboxylic acids is 2. The third-order valence-electron chi connectivity index (χ3n) is 8.37. The topological polar surface area (TPSA) is 68.8 Å². The van der Waals surface area contributed by atoms with E-state index < -0.39 is 0 Å². The molecule has 0 unspecified atom stereocenters. The third-order valence-corrected chi connectivity index (χ3v) is 8.37. The third kappa shape index (κ3) is 5.61. The number of benzene rings is 1. The molecule has 7 nitrogen and oxygen atoms in total. The Bertz CT molecular complexity index is 1180. The molecule has 1 N–H and O–H groups in total. The lowest BCUT2D eigenvalue weighted by Crippen LogP contribution is -2.62. The molecule has 5 rings (SSSR count). The second-order valence-electron chi connectivity index (χ2n) is 12.1. The summed E-state index contributed by atoms with van der Waals surface area (Å²) in [5.41, 5.74) is 3.57. The average molecular weight is 522 g/mol. The number of hydrogen-bond donors (Lipinski definition) is 1. The molecule has 4 heterocycles. The first-order valence-corrected chi connectivity index (χ1v) is 13.9. The van der Waals surface area contributed by atoms with Crippen LogP contribution in [0.5, 0.6) is 0 Å². The van der Waals surface area contributed by atoms with Crippen LogP contribution in [0.25, 0.3) is 0 Å². The number of piperazine rings is 1. The molecule has 38 heavy (non-hydrogen) atoms. The molecule has 2 fully saturated rings. The van der Waals surface area contributed by atoms with Gasteiger partial charge in [-0.25, -0.2) is 4.39 Å². The van der Waals surface area contributed by atoms with Crippen molar-refractivity contribution in [2.24, 2.45) is 0 Å². The number of halogens is 1. The molecule has 1 aromatic heterocycles. The van der Waals surface area contributed by atoms with E-state index in [0.29, 0.717) is 32.5 Å². The van der Waals surface area contributed by atoms with Crippen molar-refractivity contribution in [3.8, 4) is 0 Å². The van der Waals surface area contributed by atoms with E-state index in [1.54, 1.807) is 12.1 Å². The van der Waals surface area contributed by atoms with Gasteiger partial charge in [-0.2, -0.15) is 0 Å². The van der Waals surface area contributed by atoms with Crippen molar-refractivity contribution in [3.63, 3.8) is 0 Å². The molecule has 3 aliphatic heterocycles. The number of likely N-dealkylation sites (tertiary alicyclic amines) is 1. The largest absolute Gasteiger partial charge is 0.338 e. The molecule has 3 atom stereocenters. The normalized spacial score (nSPS) is 25.5. The molecule has 204 valence electrons. The molecule has 2 aromatic rings. The number of pyridine rings is 1. The Labute approximate surface area is 225 Å². The zero-order valence-corrected chi connectivity index (χ0v) is 23.0. The second kappa shape index (κ2) is 10.7. The summed E-state index contributed by atoms with van der Waals surface area (Å²) in [6, 6.07) is 9.20. The lowest BCUT2D eigenvalue weighted by atomic mass is 9.91. The van der Waals surface area contributed by atoms with Gasteiger partial charge >= 0.3 is 0 Å². The van der Waals surface area contributed by atoms with Crippen molar-refractivity contribution in [1.82, 2.24) is 20.1 Å². The maximum atomic E-state index is 13.9. The van der Waals surface area contributed by atoms with E-state index in [4.69, 9.17) is 4.98 Å². The summed E-state index contributed by atoms with van der Waals surface area (Å²) >= 11 is 0. The van der Waals surface area contributed by atoms with E-state index in [0.717, 1.165) is 48.4 Å². The minimum absolute atomic E-state index is 0.0645. The van der Waals surface area contributed by atoms with Gasteiger partial charge in [0.05, 0.1) is 17.9 Å². The molecule has 0 bridgehead atoms. The summed E-state index contributed by atoms with van der Waals surface area (Å²) < 4.78 is 13.4. The van der Waals surface area contributed by atoms with Crippen molar-refractivity contribution in [1.29, 1.82) is 0 Å². The summed E-state index contributed by atoms with van der Waals surface area (Å²) in [5, 5.41) is 3.55. The average Bonchev–Trinajstić information content (AvgIpc) is 3.14. The van der Waals surface area contributed by atoms with Crippen LogP contribution >= 0.6 is 0 Å². The van der Waals surface area contributed by atoms with Gasteiger partial charge in [-0.1, -0.05) is 26.0 Å². The van der Waals surface area contributed by atoms with Gasteiger partial charge in [-0.05, 0) is 62.4 Å². The molecule has 0 saturated carbocycles. The Hall–Kier alpha value is -2.84. The predicted octanol–water partition coefficient (Wildman–Crippen LogP) is 3.50. The number of hydrogen-bond acceptors (Lipinski definition) is 5. The van der Waals surface area contributed by atoms with Gasteiger partial charge in [0.2, 0.25) is 11.8 Å². The maximum absolute atomic E-state index is 13.9. The highest BCUT2D eigenvalue weighted by atomic mass is 19.1. The number of fused-ring (bicyclic) bond motifs is 1. The number of aromatic nitrogens is 1. The lowest BCUT2D eigenvalue weighted by Gasteiger charge is -2.44. The molecule has 2 saturated heterocycles. The first-order valence-electron chi connectivity index (χ1n) is 13.9. The molecular weight excluding hydrogens is 481 g/mol. The minimum Gasteiger partial charge on any atom is -0.338 e. The van der Waals surface area contributed by atoms with Crippen LogP contribution in [-0.2, 0) is 21.4 Å². The number of nitrogens with zero attached hydrogens (tertiary/aromatic N) is 4. The summed E-state index contributed by atoms with van der Waals surface area (Å²) in [6.07, 6.45) is 5.12. The summed E-state index contributed by atoms with van der Waals surface area (Å²) in [6.45, 7) is 11.6. The van der Waals surface area contributed by atoms with Gasteiger partial charge in [0.25, 0.3) is 0 Å². The van der Waals surface area contributed by atoms with Crippen LogP contribution in [0.3, 0.4) is 0 Å². The van der Waals surface area contributed by atoms with Crippen LogP contribution in [0, 0.1) is 5.82 Å². The zero-order valence-electron chi connectivity index (χ0n) is 23.0. The lowest BCUT2D eigenvalue weighted by molar-refractivity contribution is -0.137. The second-order valence-corrected chi connectivity index (χ2v) is 12.1. The Kier molecular flexibility index (Phi) is 7.56. The SMILES string of the molecule is C[C@@H]1CN(CC(=O)N2CC(C)(C)c3ncc(Cc4ccc(F)cc4)cc32)[C@@H](CN2C(=O)CCC[C@H]2C)CN1. The van der Waals surface area contributed by atoms with E-state index in [1.165, 1.54) is 12.1 Å². The van der Waals surface area contributed by atoms with Crippen LogP contribution in [0.15, 0.2) is 36.5 Å². The van der Waals surface area contributed by atoms with E-state index >= 15 is 0 Å². The number of rotatable bonds is 6. The number of nitrogens with one attached hydrogen (secondary N) is 1. The maximum Gasteiger partial charge on any atom is 0.241 e. The van der Waals surface area contributed by atoms with Crippen molar-refractivity contribution in [3.05, 3.63) is 59.2 Å². The van der Waals surface area contributed by atoms with Crippen LogP contribution in [0.1, 0.15) is 63.8 Å². The summed E-state index contributed by atoms with van der Waals surface area (Å²) in [5.74, 6) is 0.0392. The van der Waals surface area contributed by atoms with E-state index in [1.807, 2.05) is 16.0 Å². The molecule has 3 aliphatic rings. The Morgan fingerprint density at radius 2 is 1.95 bits per heavy atom. The standard InChI is InChI=1S/C30H40FN5O2/c1-20-16-34(25(15-32-20)17-35-21(2)6-5-7-27(35)37)18-28(38)36-19-30(3,4)29-26(36)13-23(14-33-29)12-22-8-10-24(31)11-9-22/h8-11,13-14,20-21,25,32H,5-7,12,15-19H2,1-4H3/t20-,21-,25-/m1/s1. The molecule has 0 aliphatic carbocycles. The molecule has 1 aromatic carbocycles. The predicted molar refractivity (Wildman–Crippen MR) is 147 cm³/mol. The Morgan fingerprint density at radius 1 is 1.18 bits per heavy atom. The van der Waals surface area contributed by atoms with Crippen molar-refractivity contribution < 1.29 is 14.0 Å². The van der Waals surface area contributed by atoms with Crippen molar-refractivity contribution in [2.75, 3.05) is 37.6 Å². The number of amides is 2. The first kappa shape index (κ1) is 26.8. The number of piperidine rings is 1. The van der Waals surface area contributed by atoms with Gasteiger partial charge < -0.3 is 15.1 Å². The van der Waals surface area contributed by atoms with Crippen LogP contribution < -0.4 is 10.2 Å². The van der Waals surface area contributed by atoms with E-state index in [-0.39, 0.29) is 41.2 Å². The van der Waals surface area contributed by atoms with E-state index in [9.17, 15) is 14.0 Å². The van der Waals surface area contributed by atoms with Crippen molar-refractivity contribution >= 4 is 17.5 Å². The zero-order chi connectivity index (χ0) is 27.0. The highest BCUT2D eigenvalue weighted by molar-refractivity contribution is 5.97. The highest BCUT2D eigenvalue weighted by Crippen LogP contribution is 2.40. The fourth-order valence-corrected chi connectivity index (χ4v) is 6.20. The number of anilines is 1. The van der Waals surface area contributed by atoms with E-state index in [2.05, 4.69) is 44.0 Å². The van der Waals surface area contributed by atoms with Crippen LogP contribution in [0.2, 0.25) is 0 Å². The molecule has 2 amide bonds. The Balaban J connectivity index is 1.34. The van der Waals surface area contributed by atoms with Gasteiger partial charge in [-0.3, -0.25) is 19.5 Å². The molecule has 8 heteroatoms. The fraction of sp³-hybridized carbons (Fsp3) is 0.567. The molecule has 0 spiro atoms. The number of carbonyl (C=O) groups is 2. The quantitative estimate of drug-likeness (QED) is 0.630. The summed E-state index contributed by atoms with van der Waals surface area (Å²) in [4.78, 5) is 37.5.